The lowest BCUT2D eigenvalue weighted by atomic mass is 10.1. The number of methoxy groups -OCH3 is 2. The summed E-state index contributed by atoms with van der Waals surface area (Å²) < 4.78 is 24.3. The molecule has 4 rings (SSSR count). The number of hydrogen-bond donors (Lipinski definition) is 2. The second kappa shape index (κ2) is 9.30. The number of carbonyl (C=O) groups is 1. The van der Waals surface area contributed by atoms with Crippen LogP contribution >= 0.6 is 0 Å². The summed E-state index contributed by atoms with van der Waals surface area (Å²) in [6.07, 6.45) is 5.23. The van der Waals surface area contributed by atoms with E-state index in [9.17, 15) is 9.18 Å². The molecule has 0 unspecified atom stereocenters. The van der Waals surface area contributed by atoms with Crippen molar-refractivity contribution in [1.82, 2.24) is 20.5 Å². The standard InChI is InChI=1S/C24H21FN4O3/c1-31-21-13-15(6-9-18(21)25)7-10-19-22-20(29-28-19)11-8-17(23(22)32-2)24(30)27-14-16-5-3-4-12-26-16/h3-13H,14H2,1-2H3,(H,27,30)(H,28,29). The van der Waals surface area contributed by atoms with Gasteiger partial charge in [-0.15, -0.1) is 0 Å². The number of benzene rings is 2. The van der Waals surface area contributed by atoms with Crippen LogP contribution in [0.1, 0.15) is 27.3 Å². The predicted octanol–water partition coefficient (Wildman–Crippen LogP) is 4.21. The van der Waals surface area contributed by atoms with Gasteiger partial charge in [0.15, 0.2) is 11.6 Å². The van der Waals surface area contributed by atoms with Crippen LogP contribution in [0.15, 0.2) is 54.7 Å². The average Bonchev–Trinajstić information content (AvgIpc) is 3.25. The largest absolute Gasteiger partial charge is 0.495 e. The van der Waals surface area contributed by atoms with Crippen molar-refractivity contribution in [2.45, 2.75) is 6.54 Å². The van der Waals surface area contributed by atoms with Gasteiger partial charge in [-0.05, 0) is 48.0 Å². The number of fused-ring (bicyclic) bond motifs is 1. The maximum atomic E-state index is 13.7. The Labute approximate surface area is 183 Å². The Kier molecular flexibility index (Phi) is 6.12. The number of hydrogen-bond acceptors (Lipinski definition) is 5. The average molecular weight is 432 g/mol. The first kappa shape index (κ1) is 21.0. The molecular formula is C24H21FN4O3. The minimum Gasteiger partial charge on any atom is -0.495 e. The van der Waals surface area contributed by atoms with Gasteiger partial charge in [-0.3, -0.25) is 14.9 Å². The number of nitrogens with one attached hydrogen (secondary N) is 2. The molecule has 0 spiro atoms. The van der Waals surface area contributed by atoms with Crippen molar-refractivity contribution in [3.8, 4) is 11.5 Å². The molecule has 0 atom stereocenters. The highest BCUT2D eigenvalue weighted by molar-refractivity contribution is 6.05. The normalized spacial score (nSPS) is 11.1. The highest BCUT2D eigenvalue weighted by Gasteiger charge is 2.19. The Morgan fingerprint density at radius 2 is 2.00 bits per heavy atom. The second-order valence-electron chi connectivity index (χ2n) is 6.91. The molecule has 2 aromatic heterocycles. The number of halogens is 1. The molecule has 0 aliphatic carbocycles. The monoisotopic (exact) mass is 432 g/mol. The van der Waals surface area contributed by atoms with E-state index in [1.807, 2.05) is 18.2 Å². The van der Waals surface area contributed by atoms with Gasteiger partial charge >= 0.3 is 0 Å². The molecule has 2 N–H and O–H groups in total. The van der Waals surface area contributed by atoms with Crippen LogP contribution in [0.2, 0.25) is 0 Å². The van der Waals surface area contributed by atoms with Crippen molar-refractivity contribution in [2.24, 2.45) is 0 Å². The third-order valence-electron chi connectivity index (χ3n) is 4.92. The van der Waals surface area contributed by atoms with Crippen molar-refractivity contribution < 1.29 is 18.7 Å². The molecule has 0 saturated heterocycles. The van der Waals surface area contributed by atoms with Crippen LogP contribution in [0.5, 0.6) is 11.5 Å². The smallest absolute Gasteiger partial charge is 0.255 e. The Hall–Kier alpha value is -4.20. The van der Waals surface area contributed by atoms with E-state index >= 15 is 0 Å². The highest BCUT2D eigenvalue weighted by Crippen LogP contribution is 2.32. The molecule has 0 aliphatic heterocycles. The summed E-state index contributed by atoms with van der Waals surface area (Å²) in [5.41, 5.74) is 3.18. The van der Waals surface area contributed by atoms with Crippen LogP contribution in [0.4, 0.5) is 4.39 Å². The van der Waals surface area contributed by atoms with Crippen LogP contribution in [0.3, 0.4) is 0 Å². The highest BCUT2D eigenvalue weighted by atomic mass is 19.1. The predicted molar refractivity (Wildman–Crippen MR) is 120 cm³/mol. The van der Waals surface area contributed by atoms with E-state index < -0.39 is 5.82 Å². The number of carbonyl (C=O) groups excluding carboxylic acids is 1. The molecule has 8 heteroatoms. The van der Waals surface area contributed by atoms with Crippen LogP contribution < -0.4 is 14.8 Å². The van der Waals surface area contributed by atoms with E-state index in [0.717, 1.165) is 16.8 Å². The number of amides is 1. The molecule has 0 saturated carbocycles. The molecule has 0 radical (unpaired) electrons. The van der Waals surface area contributed by atoms with Crippen LogP contribution in [0, 0.1) is 5.82 Å². The van der Waals surface area contributed by atoms with Gasteiger partial charge in [0.2, 0.25) is 0 Å². The number of rotatable bonds is 7. The van der Waals surface area contributed by atoms with Gasteiger partial charge in [-0.2, -0.15) is 5.10 Å². The van der Waals surface area contributed by atoms with E-state index in [1.54, 1.807) is 42.6 Å². The third-order valence-corrected chi connectivity index (χ3v) is 4.92. The molecule has 2 heterocycles. The lowest BCUT2D eigenvalue weighted by Crippen LogP contribution is -2.23. The van der Waals surface area contributed by atoms with Gasteiger partial charge in [-0.25, -0.2) is 4.39 Å². The summed E-state index contributed by atoms with van der Waals surface area (Å²) in [5.74, 6) is -0.152. The molecule has 4 aromatic rings. The first-order chi connectivity index (χ1) is 15.6. The Morgan fingerprint density at radius 1 is 1.12 bits per heavy atom. The fraction of sp³-hybridized carbons (Fsp3) is 0.125. The van der Waals surface area contributed by atoms with Gasteiger partial charge in [-0.1, -0.05) is 18.2 Å². The second-order valence-corrected chi connectivity index (χ2v) is 6.91. The van der Waals surface area contributed by atoms with E-state index in [-0.39, 0.29) is 11.7 Å². The van der Waals surface area contributed by atoms with E-state index in [4.69, 9.17) is 9.47 Å². The molecule has 0 aliphatic rings. The maximum absolute atomic E-state index is 13.7. The molecule has 0 bridgehead atoms. The van der Waals surface area contributed by atoms with E-state index in [0.29, 0.717) is 28.9 Å². The van der Waals surface area contributed by atoms with Crippen molar-refractivity contribution in [3.63, 3.8) is 0 Å². The molecule has 32 heavy (non-hydrogen) atoms. The minimum absolute atomic E-state index is 0.156. The number of ether oxygens (including phenoxy) is 2. The van der Waals surface area contributed by atoms with Crippen LogP contribution in [-0.4, -0.2) is 35.3 Å². The third kappa shape index (κ3) is 4.29. The molecule has 7 nitrogen and oxygen atoms in total. The number of aromatic amines is 1. The Morgan fingerprint density at radius 3 is 2.75 bits per heavy atom. The Bertz CT molecular complexity index is 1290. The number of nitrogens with zero attached hydrogens (tertiary/aromatic N) is 2. The quantitative estimate of drug-likeness (QED) is 0.457. The zero-order valence-corrected chi connectivity index (χ0v) is 17.6. The summed E-state index contributed by atoms with van der Waals surface area (Å²) in [7, 11) is 2.92. The number of aromatic nitrogens is 3. The van der Waals surface area contributed by atoms with Crippen molar-refractivity contribution in [3.05, 3.63) is 83.1 Å². The first-order valence-corrected chi connectivity index (χ1v) is 9.85. The maximum Gasteiger partial charge on any atom is 0.255 e. The zero-order chi connectivity index (χ0) is 22.5. The molecular weight excluding hydrogens is 411 g/mol. The van der Waals surface area contributed by atoms with Gasteiger partial charge < -0.3 is 14.8 Å². The van der Waals surface area contributed by atoms with Crippen molar-refractivity contribution in [1.29, 1.82) is 0 Å². The Balaban J connectivity index is 1.64. The van der Waals surface area contributed by atoms with Gasteiger partial charge in [0, 0.05) is 6.20 Å². The molecule has 1 amide bonds. The summed E-state index contributed by atoms with van der Waals surface area (Å²) in [4.78, 5) is 17.1. The zero-order valence-electron chi connectivity index (χ0n) is 17.6. The molecule has 0 fully saturated rings. The minimum atomic E-state index is -0.433. The topological polar surface area (TPSA) is 89.1 Å². The van der Waals surface area contributed by atoms with Crippen LogP contribution in [0.25, 0.3) is 23.1 Å². The van der Waals surface area contributed by atoms with Crippen molar-refractivity contribution in [2.75, 3.05) is 14.2 Å². The number of pyridine rings is 1. The molecule has 2 aromatic carbocycles. The lowest BCUT2D eigenvalue weighted by molar-refractivity contribution is 0.0947. The van der Waals surface area contributed by atoms with Gasteiger partial charge in [0.25, 0.3) is 5.91 Å². The summed E-state index contributed by atoms with van der Waals surface area (Å²) in [6.45, 7) is 0.297. The SMILES string of the molecule is COc1cc(C=Cc2n[nH]c3ccc(C(=O)NCc4ccccn4)c(OC)c23)ccc1F. The summed E-state index contributed by atoms with van der Waals surface area (Å²) >= 11 is 0. The lowest BCUT2D eigenvalue weighted by Gasteiger charge is -2.10. The van der Waals surface area contributed by atoms with E-state index in [1.165, 1.54) is 20.3 Å². The van der Waals surface area contributed by atoms with Crippen molar-refractivity contribution >= 4 is 29.0 Å². The van der Waals surface area contributed by atoms with Gasteiger partial charge in [0.05, 0.1) is 48.6 Å². The van der Waals surface area contributed by atoms with Crippen LogP contribution in [-0.2, 0) is 6.54 Å². The fourth-order valence-electron chi connectivity index (χ4n) is 3.34. The fourth-order valence-corrected chi connectivity index (χ4v) is 3.34. The summed E-state index contributed by atoms with van der Waals surface area (Å²) in [5, 5.41) is 10.8. The van der Waals surface area contributed by atoms with E-state index in [2.05, 4.69) is 20.5 Å². The number of H-pyrrole nitrogens is 1. The summed E-state index contributed by atoms with van der Waals surface area (Å²) in [6, 6.07) is 13.5. The molecule has 162 valence electrons. The first-order valence-electron chi connectivity index (χ1n) is 9.85. The van der Waals surface area contributed by atoms with Gasteiger partial charge in [0.1, 0.15) is 5.75 Å².